The predicted molar refractivity (Wildman–Crippen MR) is 122 cm³/mol. The molecule has 4 rings (SSSR count). The number of nitrogens with two attached hydrogens (primary N) is 1. The first kappa shape index (κ1) is 21.8. The molecule has 2 aromatic heterocycles. The number of fused-ring (bicyclic) bond motifs is 1. The highest BCUT2D eigenvalue weighted by atomic mass is 35.5. The van der Waals surface area contributed by atoms with Crippen LogP contribution in [0, 0.1) is 13.8 Å². The molecule has 3 heterocycles. The summed E-state index contributed by atoms with van der Waals surface area (Å²) >= 11 is 6.71. The van der Waals surface area contributed by atoms with Gasteiger partial charge in [0.1, 0.15) is 17.9 Å². The maximum Gasteiger partial charge on any atom is 0.164 e. The lowest BCUT2D eigenvalue weighted by Gasteiger charge is -2.41. The van der Waals surface area contributed by atoms with Crippen molar-refractivity contribution in [1.29, 1.82) is 0 Å². The number of anilines is 1. The fourth-order valence-corrected chi connectivity index (χ4v) is 4.74. The van der Waals surface area contributed by atoms with E-state index in [1.165, 1.54) is 11.9 Å². The second kappa shape index (κ2) is 8.61. The maximum atomic E-state index is 6.71. The van der Waals surface area contributed by atoms with E-state index in [1.54, 1.807) is 14.2 Å². The molecular weight excluding hydrogens is 416 g/mol. The molecule has 9 heteroatoms. The highest BCUT2D eigenvalue weighted by Gasteiger charge is 2.34. The van der Waals surface area contributed by atoms with Gasteiger partial charge in [-0.3, -0.25) is 4.90 Å². The minimum Gasteiger partial charge on any atom is -0.496 e. The quantitative estimate of drug-likeness (QED) is 0.597. The Morgan fingerprint density at radius 3 is 2.68 bits per heavy atom. The number of likely N-dealkylation sites (tertiary alicyclic amines) is 1. The zero-order valence-electron chi connectivity index (χ0n) is 18.6. The number of methoxy groups -OCH3 is 2. The lowest BCUT2D eigenvalue weighted by Crippen LogP contribution is -2.46. The summed E-state index contributed by atoms with van der Waals surface area (Å²) < 4.78 is 13.1. The molecule has 166 valence electrons. The Hall–Kier alpha value is -2.42. The molecule has 0 amide bonds. The third-order valence-corrected chi connectivity index (χ3v) is 6.64. The van der Waals surface area contributed by atoms with Crippen LogP contribution in [0.2, 0.25) is 5.02 Å². The molecule has 8 nitrogen and oxygen atoms in total. The summed E-state index contributed by atoms with van der Waals surface area (Å²) in [6.45, 7) is 9.63. The highest BCUT2D eigenvalue weighted by molar-refractivity contribution is 6.31. The van der Waals surface area contributed by atoms with Gasteiger partial charge in [-0.05, 0) is 32.4 Å². The van der Waals surface area contributed by atoms with Crippen LogP contribution in [0.5, 0.6) is 5.75 Å². The molecular formula is C22H29ClN6O2. The van der Waals surface area contributed by atoms with E-state index < -0.39 is 0 Å². The number of hydrogen-bond donors (Lipinski definition) is 1. The van der Waals surface area contributed by atoms with Gasteiger partial charge in [-0.2, -0.15) is 5.10 Å². The summed E-state index contributed by atoms with van der Waals surface area (Å²) in [6.07, 6.45) is 1.47. The van der Waals surface area contributed by atoms with E-state index in [0.717, 1.165) is 59.2 Å². The number of nitrogens with zero attached hydrogens (tertiary/aromatic N) is 5. The van der Waals surface area contributed by atoms with E-state index in [1.807, 2.05) is 17.7 Å². The molecule has 0 bridgehead atoms. The number of ether oxygens (including phenoxy) is 2. The van der Waals surface area contributed by atoms with Crippen molar-refractivity contribution in [3.05, 3.63) is 39.8 Å². The van der Waals surface area contributed by atoms with Crippen LogP contribution >= 0.6 is 11.6 Å². The molecule has 0 radical (unpaired) electrons. The van der Waals surface area contributed by atoms with Gasteiger partial charge in [0.15, 0.2) is 5.65 Å². The molecule has 1 aromatic carbocycles. The second-order valence-corrected chi connectivity index (χ2v) is 8.54. The summed E-state index contributed by atoms with van der Waals surface area (Å²) in [5, 5.41) is 6.23. The Morgan fingerprint density at radius 2 is 2.00 bits per heavy atom. The van der Waals surface area contributed by atoms with Gasteiger partial charge in [0.25, 0.3) is 0 Å². The molecule has 0 saturated carbocycles. The molecule has 31 heavy (non-hydrogen) atoms. The third kappa shape index (κ3) is 3.73. The molecule has 2 N–H and O–H groups in total. The van der Waals surface area contributed by atoms with Crippen molar-refractivity contribution in [3.63, 3.8) is 0 Å². The van der Waals surface area contributed by atoms with Crippen molar-refractivity contribution in [2.45, 2.75) is 32.7 Å². The van der Waals surface area contributed by atoms with Crippen LogP contribution in [-0.4, -0.2) is 65.1 Å². The minimum atomic E-state index is -0.151. The molecule has 0 spiro atoms. The summed E-state index contributed by atoms with van der Waals surface area (Å²) in [7, 11) is 3.45. The summed E-state index contributed by atoms with van der Waals surface area (Å²) in [5.74, 6) is 1.67. The van der Waals surface area contributed by atoms with Crippen molar-refractivity contribution in [3.8, 4) is 5.75 Å². The van der Waals surface area contributed by atoms with Crippen LogP contribution in [0.25, 0.3) is 11.0 Å². The van der Waals surface area contributed by atoms with Crippen LogP contribution in [0.4, 0.5) is 5.82 Å². The lowest BCUT2D eigenvalue weighted by atomic mass is 9.85. The second-order valence-electron chi connectivity index (χ2n) is 8.13. The topological polar surface area (TPSA) is 91.3 Å². The first-order valence-electron chi connectivity index (χ1n) is 10.4. The highest BCUT2D eigenvalue weighted by Crippen LogP contribution is 2.44. The molecule has 3 aromatic rings. The van der Waals surface area contributed by atoms with Crippen molar-refractivity contribution in [2.75, 3.05) is 46.2 Å². The molecule has 1 fully saturated rings. The van der Waals surface area contributed by atoms with Crippen LogP contribution in [0.3, 0.4) is 0 Å². The van der Waals surface area contributed by atoms with E-state index in [-0.39, 0.29) is 6.04 Å². The molecule has 1 aliphatic rings. The van der Waals surface area contributed by atoms with Crippen LogP contribution < -0.4 is 10.5 Å². The SMILES string of the molecule is COCCN1CC(c2c(C)c(Cl)cc(C(C)n3nc(C)c4c(N)ncnc43)c2OC)C1. The van der Waals surface area contributed by atoms with Crippen LogP contribution in [0.15, 0.2) is 12.4 Å². The smallest absolute Gasteiger partial charge is 0.164 e. The predicted octanol–water partition coefficient (Wildman–Crippen LogP) is 3.34. The monoisotopic (exact) mass is 444 g/mol. The molecule has 1 saturated heterocycles. The number of nitrogen functional groups attached to an aromatic ring is 1. The van der Waals surface area contributed by atoms with E-state index in [2.05, 4.69) is 28.7 Å². The fourth-order valence-electron chi connectivity index (χ4n) is 4.52. The zero-order chi connectivity index (χ0) is 22.3. The standard InChI is InChI=1S/C22H29ClN6O2/c1-12-17(23)8-16(20(31-5)18(12)15-9-28(10-15)6-7-30-4)14(3)29-22-19(13(2)27-29)21(24)25-11-26-22/h8,11,14-15H,6-7,9-10H2,1-5H3,(H2,24,25,26). The van der Waals surface area contributed by atoms with Gasteiger partial charge in [-0.1, -0.05) is 11.6 Å². The van der Waals surface area contributed by atoms with Gasteiger partial charge >= 0.3 is 0 Å². The summed E-state index contributed by atoms with van der Waals surface area (Å²) in [5.41, 5.74) is 10.8. The molecule has 1 atom stereocenters. The number of benzene rings is 1. The Kier molecular flexibility index (Phi) is 6.05. The Balaban J connectivity index is 1.76. The van der Waals surface area contributed by atoms with Crippen molar-refractivity contribution >= 4 is 28.5 Å². The number of rotatable bonds is 7. The Labute approximate surface area is 187 Å². The van der Waals surface area contributed by atoms with E-state index in [9.17, 15) is 0 Å². The molecule has 0 aliphatic carbocycles. The number of hydrogen-bond acceptors (Lipinski definition) is 7. The number of aryl methyl sites for hydroxylation is 1. The third-order valence-electron chi connectivity index (χ3n) is 6.24. The van der Waals surface area contributed by atoms with E-state index >= 15 is 0 Å². The fraction of sp³-hybridized carbons (Fsp3) is 0.500. The average molecular weight is 445 g/mol. The van der Waals surface area contributed by atoms with Gasteiger partial charge in [0.05, 0.1) is 30.8 Å². The van der Waals surface area contributed by atoms with Crippen LogP contribution in [-0.2, 0) is 4.74 Å². The maximum absolute atomic E-state index is 6.71. The van der Waals surface area contributed by atoms with Crippen LogP contribution in [0.1, 0.15) is 41.3 Å². The first-order chi connectivity index (χ1) is 14.9. The Bertz CT molecular complexity index is 1110. The largest absolute Gasteiger partial charge is 0.496 e. The Morgan fingerprint density at radius 1 is 1.26 bits per heavy atom. The van der Waals surface area contributed by atoms with E-state index in [4.69, 9.17) is 31.9 Å². The van der Waals surface area contributed by atoms with Crippen molar-refractivity contribution < 1.29 is 9.47 Å². The van der Waals surface area contributed by atoms with Gasteiger partial charge in [0.2, 0.25) is 0 Å². The lowest BCUT2D eigenvalue weighted by molar-refractivity contribution is 0.0931. The summed E-state index contributed by atoms with van der Waals surface area (Å²) in [4.78, 5) is 10.9. The van der Waals surface area contributed by atoms with Gasteiger partial charge in [-0.25, -0.2) is 14.6 Å². The van der Waals surface area contributed by atoms with Crippen molar-refractivity contribution in [2.24, 2.45) is 0 Å². The number of halogens is 1. The average Bonchev–Trinajstić information content (AvgIpc) is 3.06. The minimum absolute atomic E-state index is 0.151. The molecule has 1 unspecified atom stereocenters. The summed E-state index contributed by atoms with van der Waals surface area (Å²) in [6, 6.07) is 1.83. The van der Waals surface area contributed by atoms with Gasteiger partial charge < -0.3 is 15.2 Å². The number of aromatic nitrogens is 4. The zero-order valence-corrected chi connectivity index (χ0v) is 19.4. The van der Waals surface area contributed by atoms with Crippen molar-refractivity contribution in [1.82, 2.24) is 24.6 Å². The normalized spacial score (nSPS) is 15.9. The van der Waals surface area contributed by atoms with Gasteiger partial charge in [0, 0.05) is 48.8 Å². The molecule has 1 aliphatic heterocycles. The first-order valence-corrected chi connectivity index (χ1v) is 10.8. The van der Waals surface area contributed by atoms with E-state index in [0.29, 0.717) is 17.4 Å². The van der Waals surface area contributed by atoms with Gasteiger partial charge in [-0.15, -0.1) is 0 Å².